The second-order valence-corrected chi connectivity index (χ2v) is 5.89. The van der Waals surface area contributed by atoms with E-state index in [-0.39, 0.29) is 5.82 Å². The first-order valence-corrected chi connectivity index (χ1v) is 8.60. The fraction of sp³-hybridized carbons (Fsp3) is 0.263. The number of aromatic nitrogens is 5. The highest BCUT2D eigenvalue weighted by atomic mass is 19.1. The first kappa shape index (κ1) is 17.7. The van der Waals surface area contributed by atoms with Crippen LogP contribution in [0.4, 0.5) is 10.2 Å². The highest BCUT2D eigenvalue weighted by Gasteiger charge is 2.05. The Morgan fingerprint density at radius 3 is 2.69 bits per heavy atom. The molecule has 1 aromatic carbocycles. The second kappa shape index (κ2) is 7.86. The average molecular weight is 352 g/mol. The lowest BCUT2D eigenvalue weighted by Crippen LogP contribution is -1.97. The lowest BCUT2D eigenvalue weighted by atomic mass is 10.0. The van der Waals surface area contributed by atoms with Gasteiger partial charge in [0, 0.05) is 17.1 Å². The zero-order chi connectivity index (χ0) is 18.5. The summed E-state index contributed by atoms with van der Waals surface area (Å²) < 4.78 is 13.1. The fourth-order valence-electron chi connectivity index (χ4n) is 2.77. The van der Waals surface area contributed by atoms with Crippen molar-refractivity contribution in [3.63, 3.8) is 0 Å². The van der Waals surface area contributed by atoms with Crippen molar-refractivity contribution in [2.24, 2.45) is 0 Å². The molecule has 0 amide bonds. The lowest BCUT2D eigenvalue weighted by Gasteiger charge is -2.08. The van der Waals surface area contributed by atoms with Crippen LogP contribution in [0.5, 0.6) is 0 Å². The Hall–Kier alpha value is -3.09. The van der Waals surface area contributed by atoms with E-state index in [1.54, 1.807) is 6.07 Å². The SMILES string of the molecule is CCCc1nc2cc(F)ccc2cc1CC.Nc1ncnc2nc[nH]c12. The van der Waals surface area contributed by atoms with Crippen molar-refractivity contribution in [1.82, 2.24) is 24.9 Å². The number of hydrogen-bond acceptors (Lipinski definition) is 5. The number of aryl methyl sites for hydroxylation is 2. The number of hydrogen-bond donors (Lipinski definition) is 2. The Morgan fingerprint density at radius 1 is 1.12 bits per heavy atom. The van der Waals surface area contributed by atoms with E-state index in [9.17, 15) is 4.39 Å². The van der Waals surface area contributed by atoms with E-state index in [1.807, 2.05) is 0 Å². The van der Waals surface area contributed by atoms with Crippen molar-refractivity contribution in [3.05, 3.63) is 54.0 Å². The second-order valence-electron chi connectivity index (χ2n) is 5.89. The van der Waals surface area contributed by atoms with Crippen LogP contribution in [0.2, 0.25) is 0 Å². The van der Waals surface area contributed by atoms with Gasteiger partial charge in [0.05, 0.1) is 11.8 Å². The smallest absolute Gasteiger partial charge is 0.182 e. The molecular formula is C19H21FN6. The van der Waals surface area contributed by atoms with Crippen LogP contribution in [0.15, 0.2) is 36.9 Å². The average Bonchev–Trinajstić information content (AvgIpc) is 3.12. The monoisotopic (exact) mass is 352 g/mol. The van der Waals surface area contributed by atoms with Crippen LogP contribution in [0.1, 0.15) is 31.5 Å². The highest BCUT2D eigenvalue weighted by molar-refractivity contribution is 5.80. The summed E-state index contributed by atoms with van der Waals surface area (Å²) in [5.41, 5.74) is 9.94. The molecule has 3 aromatic heterocycles. The number of nitrogens with two attached hydrogens (primary N) is 1. The van der Waals surface area contributed by atoms with Gasteiger partial charge in [-0.2, -0.15) is 0 Å². The number of anilines is 1. The van der Waals surface area contributed by atoms with Crippen molar-refractivity contribution >= 4 is 27.9 Å². The summed E-state index contributed by atoms with van der Waals surface area (Å²) in [6.07, 6.45) is 5.94. The standard InChI is InChI=1S/C14H16FN.C5H5N5/c1-3-5-13-10(4-2)8-11-6-7-12(15)9-14(11)16-13;6-4-3-5(9-1-7-3)10-2-8-4/h6-9H,3-5H2,1-2H3;1-2H,(H3,6,7,8,9,10). The number of benzene rings is 1. The van der Waals surface area contributed by atoms with Gasteiger partial charge >= 0.3 is 0 Å². The third-order valence-electron chi connectivity index (χ3n) is 4.07. The number of imidazole rings is 1. The third kappa shape index (κ3) is 3.77. The number of nitrogens with zero attached hydrogens (tertiary/aromatic N) is 4. The summed E-state index contributed by atoms with van der Waals surface area (Å²) in [7, 11) is 0. The van der Waals surface area contributed by atoms with Crippen LogP contribution in [-0.2, 0) is 12.8 Å². The summed E-state index contributed by atoms with van der Waals surface area (Å²) in [4.78, 5) is 18.9. The molecule has 6 nitrogen and oxygen atoms in total. The van der Waals surface area contributed by atoms with Gasteiger partial charge in [0.1, 0.15) is 17.7 Å². The molecule has 3 heterocycles. The van der Waals surface area contributed by atoms with Gasteiger partial charge in [0.25, 0.3) is 0 Å². The van der Waals surface area contributed by atoms with Crippen molar-refractivity contribution in [2.45, 2.75) is 33.1 Å². The number of nitrogen functional groups attached to an aromatic ring is 1. The maximum Gasteiger partial charge on any atom is 0.182 e. The van der Waals surface area contributed by atoms with Gasteiger partial charge in [0.2, 0.25) is 0 Å². The molecule has 4 rings (SSSR count). The Bertz CT molecular complexity index is 1030. The molecular weight excluding hydrogens is 331 g/mol. The molecule has 0 fully saturated rings. The first-order valence-electron chi connectivity index (χ1n) is 8.60. The van der Waals surface area contributed by atoms with E-state index in [0.29, 0.717) is 17.0 Å². The van der Waals surface area contributed by atoms with E-state index < -0.39 is 0 Å². The number of fused-ring (bicyclic) bond motifs is 2. The summed E-state index contributed by atoms with van der Waals surface area (Å²) in [5, 5.41) is 1.03. The Labute approximate surface area is 150 Å². The molecule has 0 saturated carbocycles. The number of rotatable bonds is 3. The minimum Gasteiger partial charge on any atom is -0.382 e. The molecule has 0 aliphatic rings. The molecule has 0 spiro atoms. The fourth-order valence-corrected chi connectivity index (χ4v) is 2.77. The molecule has 0 saturated heterocycles. The van der Waals surface area contributed by atoms with E-state index in [0.717, 1.165) is 35.9 Å². The molecule has 7 heteroatoms. The lowest BCUT2D eigenvalue weighted by molar-refractivity contribution is 0.629. The zero-order valence-corrected chi connectivity index (χ0v) is 14.8. The number of H-pyrrole nitrogens is 1. The van der Waals surface area contributed by atoms with Crippen LogP contribution in [0, 0.1) is 5.82 Å². The van der Waals surface area contributed by atoms with Gasteiger partial charge in [0.15, 0.2) is 11.5 Å². The minimum absolute atomic E-state index is 0.216. The van der Waals surface area contributed by atoms with E-state index >= 15 is 0 Å². The van der Waals surface area contributed by atoms with Crippen LogP contribution in [-0.4, -0.2) is 24.9 Å². The quantitative estimate of drug-likeness (QED) is 0.584. The van der Waals surface area contributed by atoms with Gasteiger partial charge in [-0.25, -0.2) is 19.3 Å². The Balaban J connectivity index is 0.000000167. The molecule has 0 bridgehead atoms. The molecule has 134 valence electrons. The van der Waals surface area contributed by atoms with Crippen molar-refractivity contribution < 1.29 is 4.39 Å². The van der Waals surface area contributed by atoms with Crippen molar-refractivity contribution in [2.75, 3.05) is 5.73 Å². The molecule has 26 heavy (non-hydrogen) atoms. The molecule has 0 radical (unpaired) electrons. The summed E-state index contributed by atoms with van der Waals surface area (Å²) >= 11 is 0. The Kier molecular flexibility index (Phi) is 5.36. The van der Waals surface area contributed by atoms with E-state index in [1.165, 1.54) is 30.4 Å². The van der Waals surface area contributed by atoms with Crippen molar-refractivity contribution in [3.8, 4) is 0 Å². The van der Waals surface area contributed by atoms with Gasteiger partial charge < -0.3 is 10.7 Å². The van der Waals surface area contributed by atoms with Crippen LogP contribution < -0.4 is 5.73 Å². The summed E-state index contributed by atoms with van der Waals surface area (Å²) in [5.74, 6) is 0.217. The number of nitrogens with one attached hydrogen (secondary N) is 1. The molecule has 4 aromatic rings. The number of pyridine rings is 1. The number of aromatic amines is 1. The molecule has 0 unspecified atom stereocenters. The van der Waals surface area contributed by atoms with E-state index in [4.69, 9.17) is 5.73 Å². The van der Waals surface area contributed by atoms with Crippen LogP contribution >= 0.6 is 0 Å². The first-order chi connectivity index (χ1) is 12.6. The predicted octanol–water partition coefficient (Wildman–Crippen LogP) is 3.82. The topological polar surface area (TPSA) is 93.4 Å². The molecule has 3 N–H and O–H groups in total. The molecule has 0 aliphatic heterocycles. The van der Waals surface area contributed by atoms with Gasteiger partial charge in [-0.3, -0.25) is 4.98 Å². The zero-order valence-electron chi connectivity index (χ0n) is 14.8. The van der Waals surface area contributed by atoms with Gasteiger partial charge in [-0.1, -0.05) is 20.3 Å². The molecule has 0 atom stereocenters. The largest absolute Gasteiger partial charge is 0.382 e. The van der Waals surface area contributed by atoms with E-state index in [2.05, 4.69) is 44.8 Å². The third-order valence-corrected chi connectivity index (χ3v) is 4.07. The summed E-state index contributed by atoms with van der Waals surface area (Å²) in [6, 6.07) is 6.93. The van der Waals surface area contributed by atoms with Crippen molar-refractivity contribution in [1.29, 1.82) is 0 Å². The number of halogens is 1. The van der Waals surface area contributed by atoms with Gasteiger partial charge in [-0.15, -0.1) is 0 Å². The molecule has 0 aliphatic carbocycles. The summed E-state index contributed by atoms with van der Waals surface area (Å²) in [6.45, 7) is 4.27. The maximum atomic E-state index is 13.1. The van der Waals surface area contributed by atoms with Crippen LogP contribution in [0.3, 0.4) is 0 Å². The highest BCUT2D eigenvalue weighted by Crippen LogP contribution is 2.19. The normalized spacial score (nSPS) is 10.7. The maximum absolute atomic E-state index is 13.1. The van der Waals surface area contributed by atoms with Gasteiger partial charge in [-0.05, 0) is 36.6 Å². The van der Waals surface area contributed by atoms with Crippen LogP contribution in [0.25, 0.3) is 22.1 Å². The Morgan fingerprint density at radius 2 is 1.96 bits per heavy atom. The predicted molar refractivity (Wildman–Crippen MR) is 101 cm³/mol. The minimum atomic E-state index is -0.216.